The van der Waals surface area contributed by atoms with Crippen LogP contribution in [0.3, 0.4) is 0 Å². The van der Waals surface area contributed by atoms with Crippen molar-refractivity contribution < 1.29 is 9.53 Å². The molecule has 0 bridgehead atoms. The molecule has 0 unspecified atom stereocenters. The Morgan fingerprint density at radius 3 is 2.90 bits per heavy atom. The molecule has 0 atom stereocenters. The number of amides is 2. The third-order valence-electron chi connectivity index (χ3n) is 4.98. The van der Waals surface area contributed by atoms with E-state index >= 15 is 0 Å². The highest BCUT2D eigenvalue weighted by atomic mass is 35.5. The van der Waals surface area contributed by atoms with Gasteiger partial charge in [-0.1, -0.05) is 23.7 Å². The lowest BCUT2D eigenvalue weighted by Gasteiger charge is -2.22. The highest BCUT2D eigenvalue weighted by Gasteiger charge is 2.25. The summed E-state index contributed by atoms with van der Waals surface area (Å²) >= 11 is 6.14. The number of nitrogens with one attached hydrogen (secondary N) is 1. The quantitative estimate of drug-likeness (QED) is 0.473. The van der Waals surface area contributed by atoms with Crippen molar-refractivity contribution in [2.45, 2.75) is 6.42 Å². The number of benzene rings is 1. The zero-order valence-electron chi connectivity index (χ0n) is 16.5. The molecule has 3 aromatic heterocycles. The Morgan fingerprint density at radius 2 is 2.00 bits per heavy atom. The number of fused-ring (bicyclic) bond motifs is 2. The lowest BCUT2D eigenvalue weighted by atomic mass is 10.1. The van der Waals surface area contributed by atoms with Crippen molar-refractivity contribution in [3.8, 4) is 17.0 Å². The van der Waals surface area contributed by atoms with Crippen molar-refractivity contribution in [3.05, 3.63) is 72.0 Å². The molecule has 0 saturated carbocycles. The highest BCUT2D eigenvalue weighted by Crippen LogP contribution is 2.33. The largest absolute Gasteiger partial charge is 0.490 e. The highest BCUT2D eigenvalue weighted by molar-refractivity contribution is 6.30. The summed E-state index contributed by atoms with van der Waals surface area (Å²) in [5, 5.41) is 3.58. The van der Waals surface area contributed by atoms with Gasteiger partial charge in [-0.15, -0.1) is 0 Å². The Morgan fingerprint density at radius 1 is 1.06 bits per heavy atom. The normalized spacial score (nSPS) is 13.3. The maximum absolute atomic E-state index is 13.3. The fraction of sp³-hybridized carbons (Fsp3) is 0.130. The molecule has 0 fully saturated rings. The van der Waals surface area contributed by atoms with Crippen molar-refractivity contribution in [2.24, 2.45) is 0 Å². The zero-order valence-corrected chi connectivity index (χ0v) is 17.2. The summed E-state index contributed by atoms with van der Waals surface area (Å²) in [6.07, 6.45) is 4.01. The molecule has 1 aliphatic rings. The summed E-state index contributed by atoms with van der Waals surface area (Å²) < 4.78 is 5.83. The average molecular weight is 432 g/mol. The predicted octanol–water partition coefficient (Wildman–Crippen LogP) is 5.17. The van der Waals surface area contributed by atoms with E-state index in [1.165, 1.54) is 0 Å². The molecule has 5 rings (SSSR count). The van der Waals surface area contributed by atoms with Crippen LogP contribution in [0.2, 0.25) is 5.02 Å². The van der Waals surface area contributed by atoms with Crippen LogP contribution < -0.4 is 15.0 Å². The summed E-state index contributed by atoms with van der Waals surface area (Å²) in [6, 6.07) is 16.2. The lowest BCUT2D eigenvalue weighted by Crippen LogP contribution is -2.36. The monoisotopic (exact) mass is 431 g/mol. The number of ether oxygens (including phenoxy) is 1. The minimum Gasteiger partial charge on any atom is -0.490 e. The minimum absolute atomic E-state index is 0.305. The van der Waals surface area contributed by atoms with Crippen molar-refractivity contribution >= 4 is 40.2 Å². The Bertz CT molecular complexity index is 1270. The Hall–Kier alpha value is -3.71. The number of pyridine rings is 3. The Labute approximate surface area is 183 Å². The SMILES string of the molecule is O=C(Nc1ccnc2cccnc12)N1CCCOc2ccc(-c3cccc(Cl)c3)nc21. The van der Waals surface area contributed by atoms with Gasteiger partial charge in [0, 0.05) is 29.5 Å². The van der Waals surface area contributed by atoms with E-state index in [0.717, 1.165) is 5.56 Å². The molecule has 1 aliphatic heterocycles. The first-order chi connectivity index (χ1) is 15.2. The van der Waals surface area contributed by atoms with Gasteiger partial charge in [-0.3, -0.25) is 14.9 Å². The molecule has 0 radical (unpaired) electrons. The third-order valence-corrected chi connectivity index (χ3v) is 5.22. The number of anilines is 2. The smallest absolute Gasteiger partial charge is 0.327 e. The summed E-state index contributed by atoms with van der Waals surface area (Å²) in [5.74, 6) is 1.04. The molecule has 154 valence electrons. The summed E-state index contributed by atoms with van der Waals surface area (Å²) in [4.78, 5) is 28.3. The lowest BCUT2D eigenvalue weighted by molar-refractivity contribution is 0.256. The first kappa shape index (κ1) is 19.3. The van der Waals surface area contributed by atoms with Crippen LogP contribution in [0.15, 0.2) is 67.0 Å². The van der Waals surface area contributed by atoms with Crippen LogP contribution in [-0.2, 0) is 0 Å². The summed E-state index contributed by atoms with van der Waals surface area (Å²) in [6.45, 7) is 0.982. The van der Waals surface area contributed by atoms with Gasteiger partial charge < -0.3 is 10.1 Å². The molecule has 1 N–H and O–H groups in total. The fourth-order valence-electron chi connectivity index (χ4n) is 3.52. The molecular formula is C23H18ClN5O2. The van der Waals surface area contributed by atoms with Crippen LogP contribution in [-0.4, -0.2) is 34.1 Å². The molecule has 7 nitrogen and oxygen atoms in total. The minimum atomic E-state index is -0.305. The zero-order chi connectivity index (χ0) is 21.2. The van der Waals surface area contributed by atoms with Crippen molar-refractivity contribution in [2.75, 3.05) is 23.4 Å². The van der Waals surface area contributed by atoms with E-state index in [9.17, 15) is 4.79 Å². The molecular weight excluding hydrogens is 414 g/mol. The van der Waals surface area contributed by atoms with E-state index in [0.29, 0.717) is 58.6 Å². The number of halogens is 1. The van der Waals surface area contributed by atoms with Gasteiger partial charge in [0.05, 0.1) is 23.5 Å². The van der Waals surface area contributed by atoms with Gasteiger partial charge >= 0.3 is 6.03 Å². The maximum Gasteiger partial charge on any atom is 0.327 e. The molecule has 4 heterocycles. The number of carbonyl (C=O) groups is 1. The van der Waals surface area contributed by atoms with Crippen molar-refractivity contribution in [1.29, 1.82) is 0 Å². The van der Waals surface area contributed by atoms with Crippen LogP contribution in [0.5, 0.6) is 5.75 Å². The number of urea groups is 1. The Balaban J connectivity index is 1.51. The number of carbonyl (C=O) groups excluding carboxylic acids is 1. The van der Waals surface area contributed by atoms with Crippen molar-refractivity contribution in [3.63, 3.8) is 0 Å². The van der Waals surface area contributed by atoms with Crippen LogP contribution >= 0.6 is 11.6 Å². The molecule has 2 amide bonds. The molecule has 0 aliphatic carbocycles. The second-order valence-electron chi connectivity index (χ2n) is 7.04. The first-order valence-electron chi connectivity index (χ1n) is 9.87. The van der Waals surface area contributed by atoms with Crippen LogP contribution in [0.4, 0.5) is 16.3 Å². The van der Waals surface area contributed by atoms with E-state index in [4.69, 9.17) is 21.3 Å². The molecule has 8 heteroatoms. The number of nitrogens with zero attached hydrogens (tertiary/aromatic N) is 4. The van der Waals surface area contributed by atoms with E-state index in [-0.39, 0.29) is 6.03 Å². The van der Waals surface area contributed by atoms with Gasteiger partial charge in [0.1, 0.15) is 5.52 Å². The number of hydrogen-bond donors (Lipinski definition) is 1. The van der Waals surface area contributed by atoms with Gasteiger partial charge in [-0.05, 0) is 48.9 Å². The van der Waals surface area contributed by atoms with Crippen LogP contribution in [0, 0.1) is 0 Å². The van der Waals surface area contributed by atoms with Gasteiger partial charge in [0.15, 0.2) is 11.6 Å². The van der Waals surface area contributed by atoms with E-state index in [1.807, 2.05) is 48.5 Å². The summed E-state index contributed by atoms with van der Waals surface area (Å²) in [5.41, 5.74) is 3.50. The first-order valence-corrected chi connectivity index (χ1v) is 10.2. The fourth-order valence-corrected chi connectivity index (χ4v) is 3.71. The molecule has 4 aromatic rings. The van der Waals surface area contributed by atoms with E-state index < -0.39 is 0 Å². The summed E-state index contributed by atoms with van der Waals surface area (Å²) in [7, 11) is 0. The topological polar surface area (TPSA) is 80.2 Å². The second kappa shape index (κ2) is 8.20. The maximum atomic E-state index is 13.3. The predicted molar refractivity (Wildman–Crippen MR) is 121 cm³/mol. The Kier molecular flexibility index (Phi) is 5.09. The van der Waals surface area contributed by atoms with Gasteiger partial charge in [0.25, 0.3) is 0 Å². The number of hydrogen-bond acceptors (Lipinski definition) is 5. The standard InChI is InChI=1S/C23H18ClN5O2/c24-16-5-1-4-15(14-16)17-7-8-20-22(27-17)29(12-3-13-31-20)23(30)28-19-9-11-25-18-6-2-10-26-21(18)19/h1-2,4-11,14H,3,12-13H2,(H,25,28,30). The molecule has 0 saturated heterocycles. The third kappa shape index (κ3) is 3.87. The van der Waals surface area contributed by atoms with Gasteiger partial charge in [0.2, 0.25) is 0 Å². The van der Waals surface area contributed by atoms with Crippen molar-refractivity contribution in [1.82, 2.24) is 15.0 Å². The molecule has 31 heavy (non-hydrogen) atoms. The van der Waals surface area contributed by atoms with Gasteiger partial charge in [-0.25, -0.2) is 9.78 Å². The van der Waals surface area contributed by atoms with Gasteiger partial charge in [-0.2, -0.15) is 0 Å². The number of aromatic nitrogens is 3. The molecule has 1 aromatic carbocycles. The molecule has 0 spiro atoms. The van der Waals surface area contributed by atoms with Crippen LogP contribution in [0.1, 0.15) is 6.42 Å². The second-order valence-corrected chi connectivity index (χ2v) is 7.48. The van der Waals surface area contributed by atoms with Crippen LogP contribution in [0.25, 0.3) is 22.3 Å². The average Bonchev–Trinajstić information content (AvgIpc) is 3.01. The van der Waals surface area contributed by atoms with E-state index in [2.05, 4.69) is 15.3 Å². The van der Waals surface area contributed by atoms with E-state index in [1.54, 1.807) is 23.4 Å². The number of rotatable bonds is 2.